The van der Waals surface area contributed by atoms with Crippen molar-refractivity contribution in [2.45, 2.75) is 58.2 Å². The van der Waals surface area contributed by atoms with Crippen molar-refractivity contribution in [3.05, 3.63) is 11.9 Å². The number of piperidine rings is 1. The van der Waals surface area contributed by atoms with Gasteiger partial charge in [0, 0.05) is 31.4 Å². The van der Waals surface area contributed by atoms with Crippen molar-refractivity contribution in [2.24, 2.45) is 0 Å². The van der Waals surface area contributed by atoms with Crippen molar-refractivity contribution >= 4 is 5.95 Å². The Hall–Kier alpha value is -1.03. The van der Waals surface area contributed by atoms with Gasteiger partial charge in [0.1, 0.15) is 0 Å². The highest BCUT2D eigenvalue weighted by Gasteiger charge is 2.31. The van der Waals surface area contributed by atoms with E-state index in [1.54, 1.807) is 0 Å². The van der Waals surface area contributed by atoms with Crippen LogP contribution in [-0.2, 0) is 6.54 Å². The lowest BCUT2D eigenvalue weighted by Gasteiger charge is -2.35. The number of hydrogen-bond acceptors (Lipinski definition) is 3. The molecule has 4 heteroatoms. The molecule has 0 bridgehead atoms. The van der Waals surface area contributed by atoms with Gasteiger partial charge in [-0.1, -0.05) is 0 Å². The van der Waals surface area contributed by atoms with Crippen LogP contribution in [0.1, 0.15) is 38.3 Å². The van der Waals surface area contributed by atoms with Crippen LogP contribution in [0.25, 0.3) is 0 Å². The number of rotatable bonds is 3. The van der Waals surface area contributed by atoms with Gasteiger partial charge in [-0.15, -0.1) is 0 Å². The molecule has 2 unspecified atom stereocenters. The van der Waals surface area contributed by atoms with E-state index < -0.39 is 0 Å². The lowest BCUT2D eigenvalue weighted by atomic mass is 9.98. The molecule has 0 radical (unpaired) electrons. The first-order valence-electron chi connectivity index (χ1n) is 7.30. The standard InChI is InChI=1S/C14H24N4/c1-3-17-10-11(2)15-14(17)16-12-6-8-18-7-4-5-13(18)9-12/h10,12-13H,3-9H2,1-2H3,(H,15,16). The maximum atomic E-state index is 4.60. The Balaban J connectivity index is 1.65. The number of aryl methyl sites for hydroxylation is 2. The first-order valence-corrected chi connectivity index (χ1v) is 7.30. The highest BCUT2D eigenvalue weighted by atomic mass is 15.2. The summed E-state index contributed by atoms with van der Waals surface area (Å²) in [6, 6.07) is 1.43. The summed E-state index contributed by atoms with van der Waals surface area (Å²) in [4.78, 5) is 7.26. The number of nitrogens with zero attached hydrogens (tertiary/aromatic N) is 3. The SMILES string of the molecule is CCn1cc(C)nc1NC1CCN2CCCC2C1. The van der Waals surface area contributed by atoms with Crippen LogP contribution >= 0.6 is 0 Å². The zero-order valence-electron chi connectivity index (χ0n) is 11.5. The van der Waals surface area contributed by atoms with Crippen LogP contribution in [0.2, 0.25) is 0 Å². The van der Waals surface area contributed by atoms with E-state index >= 15 is 0 Å². The normalized spacial score (nSPS) is 28.3. The zero-order valence-corrected chi connectivity index (χ0v) is 11.5. The summed E-state index contributed by atoms with van der Waals surface area (Å²) in [6.45, 7) is 7.81. The minimum Gasteiger partial charge on any atom is -0.353 e. The van der Waals surface area contributed by atoms with Crippen molar-refractivity contribution in [3.63, 3.8) is 0 Å². The molecule has 2 aliphatic heterocycles. The fraction of sp³-hybridized carbons (Fsp3) is 0.786. The van der Waals surface area contributed by atoms with Gasteiger partial charge in [0.2, 0.25) is 5.95 Å². The van der Waals surface area contributed by atoms with E-state index in [0.29, 0.717) is 6.04 Å². The molecule has 1 aromatic heterocycles. The number of fused-ring (bicyclic) bond motifs is 1. The van der Waals surface area contributed by atoms with E-state index in [2.05, 4.69) is 39.8 Å². The summed E-state index contributed by atoms with van der Waals surface area (Å²) < 4.78 is 2.22. The van der Waals surface area contributed by atoms with E-state index in [4.69, 9.17) is 0 Å². The first-order chi connectivity index (χ1) is 8.76. The topological polar surface area (TPSA) is 33.1 Å². The molecule has 0 amide bonds. The smallest absolute Gasteiger partial charge is 0.203 e. The summed E-state index contributed by atoms with van der Waals surface area (Å²) in [6.07, 6.45) is 7.45. The van der Waals surface area contributed by atoms with Crippen molar-refractivity contribution in [1.29, 1.82) is 0 Å². The molecule has 2 saturated heterocycles. The lowest BCUT2D eigenvalue weighted by Crippen LogP contribution is -2.43. The van der Waals surface area contributed by atoms with Crippen LogP contribution in [0.3, 0.4) is 0 Å². The number of aromatic nitrogens is 2. The number of imidazole rings is 1. The second-order valence-corrected chi connectivity index (χ2v) is 5.69. The summed E-state index contributed by atoms with van der Waals surface area (Å²) in [7, 11) is 0. The van der Waals surface area contributed by atoms with Crippen molar-refractivity contribution in [2.75, 3.05) is 18.4 Å². The molecule has 4 nitrogen and oxygen atoms in total. The molecule has 2 fully saturated rings. The van der Waals surface area contributed by atoms with Crippen LogP contribution in [-0.4, -0.2) is 39.6 Å². The van der Waals surface area contributed by atoms with E-state index in [9.17, 15) is 0 Å². The fourth-order valence-electron chi connectivity index (χ4n) is 3.44. The summed E-state index contributed by atoms with van der Waals surface area (Å²) in [5.74, 6) is 1.06. The third kappa shape index (κ3) is 2.26. The van der Waals surface area contributed by atoms with Crippen molar-refractivity contribution < 1.29 is 0 Å². The molecule has 0 aromatic carbocycles. The Bertz CT molecular complexity index is 412. The molecule has 2 atom stereocenters. The first kappa shape index (κ1) is 12.0. The molecule has 3 rings (SSSR count). The third-order valence-electron chi connectivity index (χ3n) is 4.39. The van der Waals surface area contributed by atoms with E-state index in [0.717, 1.165) is 24.2 Å². The molecule has 18 heavy (non-hydrogen) atoms. The number of hydrogen-bond donors (Lipinski definition) is 1. The van der Waals surface area contributed by atoms with Gasteiger partial charge in [0.25, 0.3) is 0 Å². The monoisotopic (exact) mass is 248 g/mol. The van der Waals surface area contributed by atoms with E-state index in [-0.39, 0.29) is 0 Å². The van der Waals surface area contributed by atoms with Crippen LogP contribution in [0.4, 0.5) is 5.95 Å². The van der Waals surface area contributed by atoms with Gasteiger partial charge < -0.3 is 14.8 Å². The largest absolute Gasteiger partial charge is 0.353 e. The minimum absolute atomic E-state index is 0.608. The average Bonchev–Trinajstić information content (AvgIpc) is 2.95. The Morgan fingerprint density at radius 1 is 1.39 bits per heavy atom. The van der Waals surface area contributed by atoms with Gasteiger partial charge >= 0.3 is 0 Å². The Labute approximate surface area is 109 Å². The molecular weight excluding hydrogens is 224 g/mol. The molecule has 1 aromatic rings. The molecule has 2 aliphatic rings. The quantitative estimate of drug-likeness (QED) is 0.890. The van der Waals surface area contributed by atoms with Gasteiger partial charge in [0.15, 0.2) is 0 Å². The fourth-order valence-corrected chi connectivity index (χ4v) is 3.44. The highest BCUT2D eigenvalue weighted by molar-refractivity contribution is 5.30. The molecule has 3 heterocycles. The molecule has 0 saturated carbocycles. The molecule has 0 spiro atoms. The van der Waals surface area contributed by atoms with Crippen LogP contribution in [0.15, 0.2) is 6.20 Å². The zero-order chi connectivity index (χ0) is 12.5. The van der Waals surface area contributed by atoms with Crippen LogP contribution in [0.5, 0.6) is 0 Å². The van der Waals surface area contributed by atoms with Crippen molar-refractivity contribution in [1.82, 2.24) is 14.5 Å². The maximum absolute atomic E-state index is 4.60. The van der Waals surface area contributed by atoms with E-state index in [1.165, 1.54) is 38.8 Å². The summed E-state index contributed by atoms with van der Waals surface area (Å²) in [5.41, 5.74) is 1.11. The molecule has 0 aliphatic carbocycles. The second kappa shape index (κ2) is 4.92. The van der Waals surface area contributed by atoms with Gasteiger partial charge in [0.05, 0.1) is 5.69 Å². The second-order valence-electron chi connectivity index (χ2n) is 5.69. The lowest BCUT2D eigenvalue weighted by molar-refractivity contribution is 0.187. The predicted molar refractivity (Wildman–Crippen MR) is 73.9 cm³/mol. The predicted octanol–water partition coefficient (Wildman–Crippen LogP) is 2.25. The average molecular weight is 248 g/mol. The maximum Gasteiger partial charge on any atom is 0.203 e. The summed E-state index contributed by atoms with van der Waals surface area (Å²) in [5, 5.41) is 3.66. The van der Waals surface area contributed by atoms with Crippen molar-refractivity contribution in [3.8, 4) is 0 Å². The molecule has 100 valence electrons. The Morgan fingerprint density at radius 2 is 2.28 bits per heavy atom. The van der Waals surface area contributed by atoms with E-state index in [1.807, 2.05) is 0 Å². The molecular formula is C14H24N4. The third-order valence-corrected chi connectivity index (χ3v) is 4.39. The van der Waals surface area contributed by atoms with Gasteiger partial charge in [-0.3, -0.25) is 0 Å². The Morgan fingerprint density at radius 3 is 3.11 bits per heavy atom. The van der Waals surface area contributed by atoms with Gasteiger partial charge in [-0.2, -0.15) is 0 Å². The Kier molecular flexibility index (Phi) is 3.29. The summed E-state index contributed by atoms with van der Waals surface area (Å²) >= 11 is 0. The van der Waals surface area contributed by atoms with Gasteiger partial charge in [-0.25, -0.2) is 4.98 Å². The number of anilines is 1. The highest BCUT2D eigenvalue weighted by Crippen LogP contribution is 2.28. The van der Waals surface area contributed by atoms with Crippen LogP contribution in [0, 0.1) is 6.92 Å². The molecule has 1 N–H and O–H groups in total. The number of nitrogens with one attached hydrogen (secondary N) is 1. The van der Waals surface area contributed by atoms with Crippen LogP contribution < -0.4 is 5.32 Å². The van der Waals surface area contributed by atoms with Gasteiger partial charge in [-0.05, 0) is 46.1 Å². The minimum atomic E-state index is 0.608.